The van der Waals surface area contributed by atoms with Crippen LogP contribution in [0.25, 0.3) is 0 Å². The summed E-state index contributed by atoms with van der Waals surface area (Å²) in [5.74, 6) is 1.79. The van der Waals surface area contributed by atoms with Gasteiger partial charge >= 0.3 is 0 Å². The van der Waals surface area contributed by atoms with Crippen molar-refractivity contribution >= 4 is 64.6 Å². The molecule has 8 heteroatoms. The van der Waals surface area contributed by atoms with E-state index in [9.17, 15) is 0 Å². The first-order valence-corrected chi connectivity index (χ1v) is 9.59. The maximum Gasteiger partial charge on any atom is 0.191 e. The van der Waals surface area contributed by atoms with E-state index in [0.29, 0.717) is 0 Å². The van der Waals surface area contributed by atoms with E-state index in [-0.39, 0.29) is 24.0 Å². The summed E-state index contributed by atoms with van der Waals surface area (Å²) >= 11 is 9.41. The summed E-state index contributed by atoms with van der Waals surface area (Å²) in [7, 11) is 1.79. The van der Waals surface area contributed by atoms with E-state index in [1.54, 1.807) is 30.1 Å². The number of nitrogens with zero attached hydrogens (tertiary/aromatic N) is 2. The van der Waals surface area contributed by atoms with Crippen molar-refractivity contribution in [2.75, 3.05) is 25.9 Å². The van der Waals surface area contributed by atoms with Crippen molar-refractivity contribution in [1.29, 1.82) is 0 Å². The van der Waals surface area contributed by atoms with Gasteiger partial charge in [-0.3, -0.25) is 4.99 Å². The average Bonchev–Trinajstić information content (AvgIpc) is 2.97. The van der Waals surface area contributed by atoms with Gasteiger partial charge in [-0.25, -0.2) is 4.98 Å². The Kier molecular flexibility index (Phi) is 10.7. The Morgan fingerprint density at radius 1 is 1.25 bits per heavy atom. The fraction of sp³-hybridized carbons (Fsp3) is 0.375. The van der Waals surface area contributed by atoms with E-state index < -0.39 is 0 Å². The molecule has 2 N–H and O–H groups in total. The first kappa shape index (κ1) is 21.5. The second-order valence-corrected chi connectivity index (χ2v) is 7.77. The number of benzene rings is 1. The fourth-order valence-corrected chi connectivity index (χ4v) is 3.58. The van der Waals surface area contributed by atoms with Crippen LogP contribution in [-0.4, -0.2) is 36.8 Å². The summed E-state index contributed by atoms with van der Waals surface area (Å²) < 4.78 is 0. The maximum atomic E-state index is 5.88. The predicted molar refractivity (Wildman–Crippen MR) is 118 cm³/mol. The molecule has 1 aromatic carbocycles. The zero-order valence-corrected chi connectivity index (χ0v) is 18.4. The summed E-state index contributed by atoms with van der Waals surface area (Å²) in [5.41, 5.74) is 0. The third-order valence-corrected chi connectivity index (χ3v) is 5.24. The van der Waals surface area contributed by atoms with Crippen molar-refractivity contribution < 1.29 is 0 Å². The molecule has 0 bridgehead atoms. The second-order valence-electron chi connectivity index (χ2n) is 4.84. The van der Waals surface area contributed by atoms with Crippen LogP contribution >= 0.6 is 58.7 Å². The molecule has 0 spiro atoms. The normalized spacial score (nSPS) is 11.0. The lowest BCUT2D eigenvalue weighted by Crippen LogP contribution is -2.39. The fourth-order valence-electron chi connectivity index (χ4n) is 1.89. The number of hydrogen-bond acceptors (Lipinski definition) is 4. The summed E-state index contributed by atoms with van der Waals surface area (Å²) in [4.78, 5) is 11.1. The second kappa shape index (κ2) is 11.9. The van der Waals surface area contributed by atoms with Crippen molar-refractivity contribution in [1.82, 2.24) is 15.6 Å². The molecule has 0 saturated carbocycles. The molecule has 4 nitrogen and oxygen atoms in total. The van der Waals surface area contributed by atoms with Gasteiger partial charge in [0.15, 0.2) is 5.96 Å². The first-order chi connectivity index (χ1) is 11.2. The van der Waals surface area contributed by atoms with Gasteiger partial charge < -0.3 is 10.6 Å². The van der Waals surface area contributed by atoms with Gasteiger partial charge in [-0.1, -0.05) is 11.6 Å². The molecule has 2 aromatic rings. The molecule has 0 saturated heterocycles. The van der Waals surface area contributed by atoms with Gasteiger partial charge in [0.1, 0.15) is 0 Å². The van der Waals surface area contributed by atoms with Crippen LogP contribution in [0.15, 0.2) is 40.4 Å². The zero-order chi connectivity index (χ0) is 16.5. The molecule has 0 radical (unpaired) electrons. The Hall–Kier alpha value is -0.510. The van der Waals surface area contributed by atoms with Crippen LogP contribution < -0.4 is 10.6 Å². The Morgan fingerprint density at radius 2 is 1.96 bits per heavy atom. The van der Waals surface area contributed by atoms with Crippen molar-refractivity contribution in [2.45, 2.75) is 18.2 Å². The monoisotopic (exact) mass is 496 g/mol. The molecule has 1 heterocycles. The van der Waals surface area contributed by atoms with E-state index in [2.05, 4.69) is 27.5 Å². The number of thiazole rings is 1. The van der Waals surface area contributed by atoms with Gasteiger partial charge in [0.05, 0.1) is 5.01 Å². The number of rotatable bonds is 7. The lowest BCUT2D eigenvalue weighted by molar-refractivity contribution is 0.808. The topological polar surface area (TPSA) is 49.3 Å². The smallest absolute Gasteiger partial charge is 0.191 e. The molecule has 1 aromatic heterocycles. The summed E-state index contributed by atoms with van der Waals surface area (Å²) in [6, 6.07) is 7.91. The minimum absolute atomic E-state index is 0. The first-order valence-electron chi connectivity index (χ1n) is 7.41. The Balaban J connectivity index is 0.00000288. The summed E-state index contributed by atoms with van der Waals surface area (Å²) in [6.07, 6.45) is 2.83. The van der Waals surface area contributed by atoms with Crippen LogP contribution in [0.3, 0.4) is 0 Å². The number of aromatic nitrogens is 1. The highest BCUT2D eigenvalue weighted by molar-refractivity contribution is 14.0. The molecule has 0 aliphatic rings. The van der Waals surface area contributed by atoms with Crippen LogP contribution in [-0.2, 0) is 6.42 Å². The molecular weight excluding hydrogens is 475 g/mol. The zero-order valence-electron chi connectivity index (χ0n) is 13.7. The standard InChI is InChI=1S/C16H21ClN4S2.HI/c1-12-11-21-15(23-12)7-8-19-16(18-2)20-9-10-22-14-5-3-13(17)4-6-14;/h3-6,11H,7-10H2,1-2H3,(H2,18,19,20);1H. The van der Waals surface area contributed by atoms with Crippen molar-refractivity contribution in [3.8, 4) is 0 Å². The lowest BCUT2D eigenvalue weighted by atomic mass is 10.4. The van der Waals surface area contributed by atoms with E-state index >= 15 is 0 Å². The third-order valence-electron chi connectivity index (χ3n) is 3.00. The van der Waals surface area contributed by atoms with Crippen LogP contribution in [0.2, 0.25) is 5.02 Å². The van der Waals surface area contributed by atoms with Crippen LogP contribution in [0.5, 0.6) is 0 Å². The number of thioether (sulfide) groups is 1. The van der Waals surface area contributed by atoms with Crippen LogP contribution in [0.4, 0.5) is 0 Å². The van der Waals surface area contributed by atoms with Gasteiger partial charge in [0.25, 0.3) is 0 Å². The molecule has 132 valence electrons. The van der Waals surface area contributed by atoms with Gasteiger partial charge in [-0.2, -0.15) is 0 Å². The Labute approximate surface area is 173 Å². The van der Waals surface area contributed by atoms with Crippen molar-refractivity contribution in [3.63, 3.8) is 0 Å². The summed E-state index contributed by atoms with van der Waals surface area (Å²) in [5, 5.41) is 8.56. The molecular formula is C16H22ClIN4S2. The lowest BCUT2D eigenvalue weighted by Gasteiger charge is -2.11. The van der Waals surface area contributed by atoms with E-state index in [0.717, 1.165) is 41.3 Å². The SMILES string of the molecule is CN=C(NCCSc1ccc(Cl)cc1)NCCc1ncc(C)s1.I. The van der Waals surface area contributed by atoms with Gasteiger partial charge in [0, 0.05) is 53.3 Å². The molecule has 0 unspecified atom stereocenters. The average molecular weight is 497 g/mol. The molecule has 0 fully saturated rings. The van der Waals surface area contributed by atoms with Crippen molar-refractivity contribution in [2.24, 2.45) is 4.99 Å². The number of nitrogens with one attached hydrogen (secondary N) is 2. The number of aliphatic imine (C=N–C) groups is 1. The van der Waals surface area contributed by atoms with Crippen LogP contribution in [0.1, 0.15) is 9.88 Å². The number of guanidine groups is 1. The van der Waals surface area contributed by atoms with Gasteiger partial charge in [0.2, 0.25) is 0 Å². The van der Waals surface area contributed by atoms with Gasteiger partial charge in [-0.05, 0) is 31.2 Å². The third kappa shape index (κ3) is 8.04. The van der Waals surface area contributed by atoms with E-state index in [4.69, 9.17) is 11.6 Å². The van der Waals surface area contributed by atoms with Crippen molar-refractivity contribution in [3.05, 3.63) is 45.4 Å². The predicted octanol–water partition coefficient (Wildman–Crippen LogP) is 4.22. The summed E-state index contributed by atoms with van der Waals surface area (Å²) in [6.45, 7) is 3.76. The number of hydrogen-bond donors (Lipinski definition) is 2. The van der Waals surface area contributed by atoms with E-state index in [1.807, 2.05) is 30.5 Å². The Morgan fingerprint density at radius 3 is 2.58 bits per heavy atom. The highest BCUT2D eigenvalue weighted by Crippen LogP contribution is 2.19. The highest BCUT2D eigenvalue weighted by atomic mass is 127. The minimum atomic E-state index is 0. The molecule has 0 aliphatic heterocycles. The molecule has 24 heavy (non-hydrogen) atoms. The quantitative estimate of drug-likeness (QED) is 0.198. The maximum absolute atomic E-state index is 5.88. The molecule has 0 amide bonds. The molecule has 0 aliphatic carbocycles. The van der Waals surface area contributed by atoms with Crippen LogP contribution in [0, 0.1) is 6.92 Å². The molecule has 0 atom stereocenters. The minimum Gasteiger partial charge on any atom is -0.356 e. The molecule has 2 rings (SSSR count). The number of halogens is 2. The van der Waals surface area contributed by atoms with Gasteiger partial charge in [-0.15, -0.1) is 47.1 Å². The Bertz CT molecular complexity index is 631. The van der Waals surface area contributed by atoms with E-state index in [1.165, 1.54) is 9.77 Å². The highest BCUT2D eigenvalue weighted by Gasteiger charge is 2.01. The largest absolute Gasteiger partial charge is 0.356 e. The number of aryl methyl sites for hydroxylation is 1.